The third-order valence-electron chi connectivity index (χ3n) is 2.83. The standard InChI is InChI=1S/C16H14Br2N2O3/c1-2-23-14-8-13(18)7-11(15(14)21)9-19-20-16(22)10-4-3-5-12(17)6-10/h3-9,21H,2H2,1H3,(H,20,22)/b19-9-. The quantitative estimate of drug-likeness (QED) is 0.542. The molecular formula is C16H14Br2N2O3. The molecule has 7 heteroatoms. The molecule has 0 aliphatic heterocycles. The number of phenolic OH excluding ortho intramolecular Hbond substituents is 1. The predicted molar refractivity (Wildman–Crippen MR) is 96.2 cm³/mol. The van der Waals surface area contributed by atoms with Crippen LogP contribution in [0.4, 0.5) is 0 Å². The van der Waals surface area contributed by atoms with Crippen molar-refractivity contribution in [1.82, 2.24) is 5.43 Å². The second kappa shape index (κ2) is 8.12. The summed E-state index contributed by atoms with van der Waals surface area (Å²) in [5.74, 6) is -0.0285. The molecule has 0 radical (unpaired) electrons. The smallest absolute Gasteiger partial charge is 0.271 e. The normalized spacial score (nSPS) is 10.7. The summed E-state index contributed by atoms with van der Waals surface area (Å²) >= 11 is 6.64. The molecule has 0 heterocycles. The number of ether oxygens (including phenoxy) is 1. The van der Waals surface area contributed by atoms with Gasteiger partial charge < -0.3 is 9.84 Å². The molecule has 5 nitrogen and oxygen atoms in total. The van der Waals surface area contributed by atoms with Gasteiger partial charge in [-0.2, -0.15) is 5.10 Å². The fourth-order valence-corrected chi connectivity index (χ4v) is 2.67. The molecule has 0 atom stereocenters. The Morgan fingerprint density at radius 3 is 2.78 bits per heavy atom. The van der Waals surface area contributed by atoms with Crippen LogP contribution >= 0.6 is 31.9 Å². The first-order valence-corrected chi connectivity index (χ1v) is 8.34. The lowest BCUT2D eigenvalue weighted by Gasteiger charge is -2.08. The maximum absolute atomic E-state index is 12.0. The first-order chi connectivity index (χ1) is 11.0. The van der Waals surface area contributed by atoms with Gasteiger partial charge in [0, 0.05) is 20.1 Å². The average Bonchev–Trinajstić information content (AvgIpc) is 2.51. The largest absolute Gasteiger partial charge is 0.504 e. The highest BCUT2D eigenvalue weighted by Crippen LogP contribution is 2.32. The van der Waals surface area contributed by atoms with Crippen molar-refractivity contribution in [3.63, 3.8) is 0 Å². The zero-order chi connectivity index (χ0) is 16.8. The van der Waals surface area contributed by atoms with Gasteiger partial charge >= 0.3 is 0 Å². The van der Waals surface area contributed by atoms with Gasteiger partial charge in [0.25, 0.3) is 5.91 Å². The van der Waals surface area contributed by atoms with E-state index >= 15 is 0 Å². The van der Waals surface area contributed by atoms with Crippen molar-refractivity contribution in [2.75, 3.05) is 6.61 Å². The summed E-state index contributed by atoms with van der Waals surface area (Å²) in [6, 6.07) is 10.3. The van der Waals surface area contributed by atoms with E-state index in [-0.39, 0.29) is 11.7 Å². The van der Waals surface area contributed by atoms with Crippen molar-refractivity contribution in [1.29, 1.82) is 0 Å². The van der Waals surface area contributed by atoms with Crippen molar-refractivity contribution < 1.29 is 14.6 Å². The molecule has 0 saturated heterocycles. The Balaban J connectivity index is 2.13. The highest BCUT2D eigenvalue weighted by atomic mass is 79.9. The van der Waals surface area contributed by atoms with E-state index in [0.717, 1.165) is 8.95 Å². The highest BCUT2D eigenvalue weighted by Gasteiger charge is 2.09. The predicted octanol–water partition coefficient (Wildman–Crippen LogP) is 4.08. The van der Waals surface area contributed by atoms with Gasteiger partial charge in [0.1, 0.15) is 0 Å². The summed E-state index contributed by atoms with van der Waals surface area (Å²) in [5, 5.41) is 14.0. The Morgan fingerprint density at radius 2 is 2.09 bits per heavy atom. The number of benzene rings is 2. The molecule has 2 aromatic carbocycles. The third-order valence-corrected chi connectivity index (χ3v) is 3.78. The van der Waals surface area contributed by atoms with Gasteiger partial charge in [0.15, 0.2) is 11.5 Å². The van der Waals surface area contributed by atoms with Gasteiger partial charge in [-0.25, -0.2) is 5.43 Å². The first kappa shape index (κ1) is 17.5. The van der Waals surface area contributed by atoms with Gasteiger partial charge in [0.2, 0.25) is 0 Å². The number of phenols is 1. The van der Waals surface area contributed by atoms with Gasteiger partial charge in [-0.3, -0.25) is 4.79 Å². The lowest BCUT2D eigenvalue weighted by atomic mass is 10.2. The van der Waals surface area contributed by atoms with Crippen LogP contribution in [0.5, 0.6) is 11.5 Å². The van der Waals surface area contributed by atoms with Crippen LogP contribution in [-0.4, -0.2) is 23.8 Å². The van der Waals surface area contributed by atoms with Gasteiger partial charge in [-0.05, 0) is 37.3 Å². The van der Waals surface area contributed by atoms with Crippen LogP contribution in [0.2, 0.25) is 0 Å². The first-order valence-electron chi connectivity index (χ1n) is 6.75. The maximum Gasteiger partial charge on any atom is 0.271 e. The molecule has 0 unspecified atom stereocenters. The van der Waals surface area contributed by atoms with Crippen LogP contribution in [0.15, 0.2) is 50.4 Å². The third kappa shape index (κ3) is 4.80. The zero-order valence-electron chi connectivity index (χ0n) is 12.2. The summed E-state index contributed by atoms with van der Waals surface area (Å²) < 4.78 is 6.87. The molecule has 0 aliphatic carbocycles. The molecular weight excluding hydrogens is 428 g/mol. The Labute approximate surface area is 150 Å². The molecule has 0 spiro atoms. The minimum atomic E-state index is -0.345. The summed E-state index contributed by atoms with van der Waals surface area (Å²) in [7, 11) is 0. The van der Waals surface area contributed by atoms with E-state index in [9.17, 15) is 9.90 Å². The van der Waals surface area contributed by atoms with Crippen LogP contribution in [0, 0.1) is 0 Å². The molecule has 2 aromatic rings. The lowest BCUT2D eigenvalue weighted by Crippen LogP contribution is -2.17. The Morgan fingerprint density at radius 1 is 1.30 bits per heavy atom. The summed E-state index contributed by atoms with van der Waals surface area (Å²) in [4.78, 5) is 12.0. The van der Waals surface area contributed by atoms with Gasteiger partial charge in [-0.1, -0.05) is 37.9 Å². The fourth-order valence-electron chi connectivity index (χ4n) is 1.81. The summed E-state index contributed by atoms with van der Waals surface area (Å²) in [6.45, 7) is 2.26. The molecule has 23 heavy (non-hydrogen) atoms. The Hall–Kier alpha value is -1.86. The van der Waals surface area contributed by atoms with Crippen molar-refractivity contribution in [2.24, 2.45) is 5.10 Å². The van der Waals surface area contributed by atoms with Gasteiger partial charge in [-0.15, -0.1) is 0 Å². The van der Waals surface area contributed by atoms with Crippen molar-refractivity contribution in [3.05, 3.63) is 56.5 Å². The van der Waals surface area contributed by atoms with Crippen molar-refractivity contribution in [2.45, 2.75) is 6.92 Å². The maximum atomic E-state index is 12.0. The Bertz CT molecular complexity index is 748. The number of carbonyl (C=O) groups is 1. The van der Waals surface area contributed by atoms with Crippen molar-refractivity contribution in [3.8, 4) is 11.5 Å². The van der Waals surface area contributed by atoms with Crippen LogP contribution < -0.4 is 10.2 Å². The van der Waals surface area contributed by atoms with E-state index in [1.165, 1.54) is 6.21 Å². The fraction of sp³-hybridized carbons (Fsp3) is 0.125. The van der Waals surface area contributed by atoms with E-state index in [2.05, 4.69) is 42.4 Å². The lowest BCUT2D eigenvalue weighted by molar-refractivity contribution is 0.0955. The van der Waals surface area contributed by atoms with Crippen LogP contribution in [0.3, 0.4) is 0 Å². The number of nitrogens with one attached hydrogen (secondary N) is 1. The second-order valence-electron chi connectivity index (χ2n) is 4.48. The molecule has 2 N–H and O–H groups in total. The van der Waals surface area contributed by atoms with E-state index in [1.54, 1.807) is 30.3 Å². The number of halogens is 2. The monoisotopic (exact) mass is 440 g/mol. The number of nitrogens with zero attached hydrogens (tertiary/aromatic N) is 1. The minimum absolute atomic E-state index is 0.0319. The SMILES string of the molecule is CCOc1cc(Br)cc(/C=N\NC(=O)c2cccc(Br)c2)c1O. The van der Waals surface area contributed by atoms with Gasteiger partial charge in [0.05, 0.1) is 12.8 Å². The average molecular weight is 442 g/mol. The number of hydrazone groups is 1. The van der Waals surface area contributed by atoms with E-state index in [1.807, 2.05) is 13.0 Å². The Kier molecular flexibility index (Phi) is 6.18. The summed E-state index contributed by atoms with van der Waals surface area (Å²) in [6.07, 6.45) is 1.36. The number of hydrogen-bond donors (Lipinski definition) is 2. The van der Waals surface area contributed by atoms with Crippen LogP contribution in [-0.2, 0) is 0 Å². The molecule has 120 valence electrons. The summed E-state index contributed by atoms with van der Waals surface area (Å²) in [5.41, 5.74) is 3.32. The highest BCUT2D eigenvalue weighted by molar-refractivity contribution is 9.10. The molecule has 0 aliphatic rings. The van der Waals surface area contributed by atoms with Crippen LogP contribution in [0.1, 0.15) is 22.8 Å². The number of hydrogen-bond acceptors (Lipinski definition) is 4. The van der Waals surface area contributed by atoms with E-state index in [4.69, 9.17) is 4.74 Å². The number of amides is 1. The molecule has 0 bridgehead atoms. The van der Waals surface area contributed by atoms with E-state index < -0.39 is 0 Å². The van der Waals surface area contributed by atoms with E-state index in [0.29, 0.717) is 23.5 Å². The molecule has 0 aromatic heterocycles. The molecule has 1 amide bonds. The molecule has 0 saturated carbocycles. The minimum Gasteiger partial charge on any atom is -0.504 e. The second-order valence-corrected chi connectivity index (χ2v) is 6.32. The molecule has 0 fully saturated rings. The van der Waals surface area contributed by atoms with Crippen molar-refractivity contribution >= 4 is 44.0 Å². The number of aromatic hydroxyl groups is 1. The zero-order valence-corrected chi connectivity index (χ0v) is 15.4. The van der Waals surface area contributed by atoms with Crippen LogP contribution in [0.25, 0.3) is 0 Å². The number of carbonyl (C=O) groups excluding carboxylic acids is 1. The molecule has 2 rings (SSSR count). The number of rotatable bonds is 5. The topological polar surface area (TPSA) is 70.9 Å².